The summed E-state index contributed by atoms with van der Waals surface area (Å²) in [4.78, 5) is 24.9. The molecule has 1 saturated heterocycles. The van der Waals surface area contributed by atoms with Gasteiger partial charge in [0, 0.05) is 25.2 Å². The van der Waals surface area contributed by atoms with E-state index in [4.69, 9.17) is 0 Å². The summed E-state index contributed by atoms with van der Waals surface area (Å²) >= 11 is 0. The molecule has 1 atom stereocenters. The third kappa shape index (κ3) is 5.92. The molecule has 1 aliphatic rings. The second kappa shape index (κ2) is 10.1. The van der Waals surface area contributed by atoms with Crippen LogP contribution in [0.1, 0.15) is 47.7 Å². The number of sulfonamides is 1. The molecule has 2 N–H and O–H groups in total. The van der Waals surface area contributed by atoms with Crippen molar-refractivity contribution in [1.29, 1.82) is 0 Å². The Kier molecular flexibility index (Phi) is 7.46. The molecule has 1 fully saturated rings. The Morgan fingerprint density at radius 3 is 2.35 bits per heavy atom. The van der Waals surface area contributed by atoms with Crippen LogP contribution in [-0.2, 0) is 21.4 Å². The monoisotopic (exact) mass is 443 g/mol. The van der Waals surface area contributed by atoms with E-state index >= 15 is 0 Å². The van der Waals surface area contributed by atoms with Crippen molar-refractivity contribution in [2.75, 3.05) is 13.1 Å². The van der Waals surface area contributed by atoms with Crippen LogP contribution < -0.4 is 10.6 Å². The second-order valence-electron chi connectivity index (χ2n) is 7.89. The molecular formula is C23H29N3O4S. The summed E-state index contributed by atoms with van der Waals surface area (Å²) in [6, 6.07) is 13.0. The zero-order chi connectivity index (χ0) is 22.4. The summed E-state index contributed by atoms with van der Waals surface area (Å²) in [5.74, 6) is -0.621. The molecule has 0 aromatic heterocycles. The first-order chi connectivity index (χ1) is 14.8. The first-order valence-corrected chi connectivity index (χ1v) is 12.0. The van der Waals surface area contributed by atoms with E-state index in [9.17, 15) is 18.0 Å². The Balaban J connectivity index is 1.53. The zero-order valence-electron chi connectivity index (χ0n) is 17.9. The van der Waals surface area contributed by atoms with E-state index in [0.717, 1.165) is 30.4 Å². The van der Waals surface area contributed by atoms with E-state index in [2.05, 4.69) is 10.6 Å². The van der Waals surface area contributed by atoms with Gasteiger partial charge < -0.3 is 10.6 Å². The highest BCUT2D eigenvalue weighted by Gasteiger charge is 2.25. The van der Waals surface area contributed by atoms with Gasteiger partial charge in [-0.15, -0.1) is 0 Å². The van der Waals surface area contributed by atoms with E-state index in [1.807, 2.05) is 13.0 Å². The van der Waals surface area contributed by atoms with Gasteiger partial charge in [0.2, 0.25) is 15.9 Å². The highest BCUT2D eigenvalue weighted by molar-refractivity contribution is 7.89. The minimum Gasteiger partial charge on any atom is -0.350 e. The molecule has 0 aliphatic carbocycles. The van der Waals surface area contributed by atoms with Crippen LogP contribution in [-0.4, -0.2) is 43.7 Å². The van der Waals surface area contributed by atoms with Crippen molar-refractivity contribution in [3.05, 3.63) is 65.2 Å². The van der Waals surface area contributed by atoms with Crippen LogP contribution >= 0.6 is 0 Å². The third-order valence-electron chi connectivity index (χ3n) is 5.36. The topological polar surface area (TPSA) is 95.6 Å². The lowest BCUT2D eigenvalue weighted by Gasteiger charge is -2.25. The van der Waals surface area contributed by atoms with E-state index in [1.165, 1.54) is 4.31 Å². The fraction of sp³-hybridized carbons (Fsp3) is 0.391. The molecule has 2 amide bonds. The third-order valence-corrected chi connectivity index (χ3v) is 7.28. The minimum absolute atomic E-state index is 0.244. The number of hydrogen-bond acceptors (Lipinski definition) is 4. The van der Waals surface area contributed by atoms with Gasteiger partial charge in [0.25, 0.3) is 5.91 Å². The number of nitrogens with zero attached hydrogens (tertiary/aromatic N) is 1. The number of amides is 2. The van der Waals surface area contributed by atoms with Crippen molar-refractivity contribution >= 4 is 21.8 Å². The molecule has 2 aromatic carbocycles. The maximum atomic E-state index is 12.7. The van der Waals surface area contributed by atoms with Crippen molar-refractivity contribution < 1.29 is 18.0 Å². The number of hydrogen-bond donors (Lipinski definition) is 2. The molecule has 0 spiro atoms. The van der Waals surface area contributed by atoms with Crippen LogP contribution in [0, 0.1) is 6.92 Å². The smallest absolute Gasteiger partial charge is 0.251 e. The molecule has 0 bridgehead atoms. The lowest BCUT2D eigenvalue weighted by molar-refractivity contribution is -0.122. The van der Waals surface area contributed by atoms with Gasteiger partial charge in [-0.3, -0.25) is 9.59 Å². The van der Waals surface area contributed by atoms with Gasteiger partial charge in [0.1, 0.15) is 6.04 Å². The number of rotatable bonds is 7. The molecule has 7 nitrogen and oxygen atoms in total. The Hall–Kier alpha value is -2.71. The van der Waals surface area contributed by atoms with E-state index in [1.54, 1.807) is 49.4 Å². The van der Waals surface area contributed by atoms with Crippen LogP contribution in [0.4, 0.5) is 0 Å². The number of piperidine rings is 1. The molecule has 2 aromatic rings. The maximum Gasteiger partial charge on any atom is 0.251 e. The summed E-state index contributed by atoms with van der Waals surface area (Å²) in [7, 11) is -3.47. The van der Waals surface area contributed by atoms with Gasteiger partial charge in [0.05, 0.1) is 4.90 Å². The molecular weight excluding hydrogens is 414 g/mol. The Labute approximate surface area is 183 Å². The quantitative estimate of drug-likeness (QED) is 0.688. The highest BCUT2D eigenvalue weighted by Crippen LogP contribution is 2.20. The molecule has 3 rings (SSSR count). The average Bonchev–Trinajstić information content (AvgIpc) is 2.78. The van der Waals surface area contributed by atoms with Crippen LogP contribution in [0.25, 0.3) is 0 Å². The van der Waals surface area contributed by atoms with Gasteiger partial charge in [0.15, 0.2) is 0 Å². The largest absolute Gasteiger partial charge is 0.350 e. The molecule has 0 saturated carbocycles. The SMILES string of the molecule is Cc1cccc(C(=O)N[C@@H](C)C(=O)NCc2ccc(S(=O)(=O)N3CCCCC3)cc2)c1. The lowest BCUT2D eigenvalue weighted by atomic mass is 10.1. The van der Waals surface area contributed by atoms with E-state index in [0.29, 0.717) is 18.7 Å². The first-order valence-electron chi connectivity index (χ1n) is 10.5. The fourth-order valence-corrected chi connectivity index (χ4v) is 5.02. The van der Waals surface area contributed by atoms with Crippen molar-refractivity contribution in [3.8, 4) is 0 Å². The predicted molar refractivity (Wildman–Crippen MR) is 119 cm³/mol. The van der Waals surface area contributed by atoms with Gasteiger partial charge in [-0.25, -0.2) is 8.42 Å². The lowest BCUT2D eigenvalue weighted by Crippen LogP contribution is -2.44. The van der Waals surface area contributed by atoms with Crippen LogP contribution in [0.2, 0.25) is 0 Å². The summed E-state index contributed by atoms with van der Waals surface area (Å²) in [5.41, 5.74) is 2.25. The Bertz CT molecular complexity index is 1030. The molecule has 1 heterocycles. The van der Waals surface area contributed by atoms with Crippen molar-refractivity contribution in [1.82, 2.24) is 14.9 Å². The molecule has 8 heteroatoms. The van der Waals surface area contributed by atoms with Crippen LogP contribution in [0.3, 0.4) is 0 Å². The minimum atomic E-state index is -3.47. The molecule has 166 valence electrons. The molecule has 31 heavy (non-hydrogen) atoms. The standard InChI is InChI=1S/C23H29N3O4S/c1-17-7-6-8-20(15-17)23(28)25-18(2)22(27)24-16-19-9-11-21(12-10-19)31(29,30)26-13-4-3-5-14-26/h6-12,15,18H,3-5,13-14,16H2,1-2H3,(H,24,27)(H,25,28)/t18-/m0/s1. The summed E-state index contributed by atoms with van der Waals surface area (Å²) in [5, 5.41) is 5.46. The second-order valence-corrected chi connectivity index (χ2v) is 9.83. The molecule has 1 aliphatic heterocycles. The van der Waals surface area contributed by atoms with Gasteiger partial charge in [-0.05, 0) is 56.5 Å². The summed E-state index contributed by atoms with van der Waals surface area (Å²) in [6.45, 7) is 4.89. The van der Waals surface area contributed by atoms with Gasteiger partial charge in [-0.1, -0.05) is 36.2 Å². The van der Waals surface area contributed by atoms with Crippen LogP contribution in [0.15, 0.2) is 53.4 Å². The highest BCUT2D eigenvalue weighted by atomic mass is 32.2. The average molecular weight is 444 g/mol. The number of aryl methyl sites for hydroxylation is 1. The van der Waals surface area contributed by atoms with Crippen molar-refractivity contribution in [2.45, 2.75) is 50.6 Å². The molecule has 0 radical (unpaired) electrons. The Morgan fingerprint density at radius 1 is 1.03 bits per heavy atom. The Morgan fingerprint density at radius 2 is 1.71 bits per heavy atom. The fourth-order valence-electron chi connectivity index (χ4n) is 3.51. The first kappa shape index (κ1) is 23.0. The van der Waals surface area contributed by atoms with Gasteiger partial charge in [-0.2, -0.15) is 4.31 Å². The number of benzene rings is 2. The van der Waals surface area contributed by atoms with E-state index < -0.39 is 16.1 Å². The molecule has 0 unspecified atom stereocenters. The predicted octanol–water partition coefficient (Wildman–Crippen LogP) is 2.60. The number of carbonyl (C=O) groups excluding carboxylic acids is 2. The van der Waals surface area contributed by atoms with E-state index in [-0.39, 0.29) is 23.3 Å². The number of nitrogens with one attached hydrogen (secondary N) is 2. The summed E-state index contributed by atoms with van der Waals surface area (Å²) < 4.78 is 27.0. The zero-order valence-corrected chi connectivity index (χ0v) is 18.7. The van der Waals surface area contributed by atoms with Gasteiger partial charge >= 0.3 is 0 Å². The summed E-state index contributed by atoms with van der Waals surface area (Å²) in [6.07, 6.45) is 2.85. The van der Waals surface area contributed by atoms with Crippen molar-refractivity contribution in [3.63, 3.8) is 0 Å². The van der Waals surface area contributed by atoms with Crippen molar-refractivity contribution in [2.24, 2.45) is 0 Å². The normalized spacial score (nSPS) is 15.8. The maximum absolute atomic E-state index is 12.7. The number of carbonyl (C=O) groups is 2. The van der Waals surface area contributed by atoms with Crippen LogP contribution in [0.5, 0.6) is 0 Å².